The Balaban J connectivity index is 2.13. The van der Waals surface area contributed by atoms with Crippen molar-refractivity contribution in [1.82, 2.24) is 19.6 Å². The van der Waals surface area contributed by atoms with Crippen molar-refractivity contribution in [3.8, 4) is 0 Å². The molecule has 10 nitrogen and oxygen atoms in total. The summed E-state index contributed by atoms with van der Waals surface area (Å²) in [6, 6.07) is 0. The summed E-state index contributed by atoms with van der Waals surface area (Å²) in [7, 11) is -1.64. The molecule has 0 atom stereocenters. The third-order valence-corrected chi connectivity index (χ3v) is 6.20. The zero-order chi connectivity index (χ0) is 20.7. The third-order valence-electron chi connectivity index (χ3n) is 4.32. The van der Waals surface area contributed by atoms with Crippen molar-refractivity contribution in [1.29, 1.82) is 0 Å². The molecule has 3 N–H and O–H groups in total. The molecule has 2 heterocycles. The fourth-order valence-corrected chi connectivity index (χ4v) is 3.75. The molecule has 0 bridgehead atoms. The number of carbonyl (C=O) groups excluding carboxylic acids is 1. The van der Waals surface area contributed by atoms with Gasteiger partial charge in [-0.1, -0.05) is 13.0 Å². The lowest BCUT2D eigenvalue weighted by atomic mass is 10.3. The van der Waals surface area contributed by atoms with Gasteiger partial charge in [0, 0.05) is 33.2 Å². The van der Waals surface area contributed by atoms with Crippen LogP contribution in [-0.4, -0.2) is 73.4 Å². The zero-order valence-corrected chi connectivity index (χ0v) is 17.2. The van der Waals surface area contributed by atoms with Crippen LogP contribution in [0.2, 0.25) is 0 Å². The summed E-state index contributed by atoms with van der Waals surface area (Å²) < 4.78 is 25.4. The molecule has 1 aliphatic heterocycles. The highest BCUT2D eigenvalue weighted by Gasteiger charge is 2.27. The van der Waals surface area contributed by atoms with Crippen molar-refractivity contribution >= 4 is 33.4 Å². The van der Waals surface area contributed by atoms with E-state index in [1.54, 1.807) is 20.0 Å². The third kappa shape index (κ3) is 5.26. The second-order valence-electron chi connectivity index (χ2n) is 6.12. The molecule has 0 spiro atoms. The fourth-order valence-electron chi connectivity index (χ4n) is 2.66. The van der Waals surface area contributed by atoms with E-state index in [9.17, 15) is 13.2 Å². The van der Waals surface area contributed by atoms with Crippen molar-refractivity contribution < 1.29 is 13.2 Å². The van der Waals surface area contributed by atoms with Crippen LogP contribution in [0.1, 0.15) is 30.8 Å². The number of carbonyl (C=O) groups is 1. The van der Waals surface area contributed by atoms with Crippen LogP contribution >= 0.6 is 0 Å². The second-order valence-corrected chi connectivity index (χ2v) is 8.38. The Morgan fingerprint density at radius 2 is 2.00 bits per heavy atom. The number of hydrogen-bond acceptors (Lipinski definition) is 8. The van der Waals surface area contributed by atoms with Crippen molar-refractivity contribution in [3.63, 3.8) is 0 Å². The quantitative estimate of drug-likeness (QED) is 0.508. The molecule has 1 fully saturated rings. The summed E-state index contributed by atoms with van der Waals surface area (Å²) >= 11 is 0. The molecule has 0 unspecified atom stereocenters. The lowest BCUT2D eigenvalue weighted by Gasteiger charge is -2.34. The number of aliphatic imine (C=N–C) groups is 1. The van der Waals surface area contributed by atoms with Gasteiger partial charge in [-0.25, -0.2) is 18.4 Å². The van der Waals surface area contributed by atoms with Gasteiger partial charge in [-0.3, -0.25) is 9.79 Å². The van der Waals surface area contributed by atoms with Crippen molar-refractivity contribution in [2.45, 2.75) is 20.3 Å². The van der Waals surface area contributed by atoms with Gasteiger partial charge in [-0.05, 0) is 19.4 Å². The molecule has 11 heteroatoms. The second kappa shape index (κ2) is 9.60. The van der Waals surface area contributed by atoms with Crippen LogP contribution in [-0.2, 0) is 10.0 Å². The Morgan fingerprint density at radius 1 is 1.32 bits per heavy atom. The van der Waals surface area contributed by atoms with E-state index in [0.29, 0.717) is 37.8 Å². The highest BCUT2D eigenvalue weighted by molar-refractivity contribution is 7.89. The molecule has 1 aromatic rings. The van der Waals surface area contributed by atoms with Crippen LogP contribution in [0.25, 0.3) is 0 Å². The molecule has 0 saturated carbocycles. The van der Waals surface area contributed by atoms with Crippen LogP contribution in [0, 0.1) is 0 Å². The summed E-state index contributed by atoms with van der Waals surface area (Å²) in [6.45, 7) is 5.24. The lowest BCUT2D eigenvalue weighted by molar-refractivity contribution is 0.0973. The van der Waals surface area contributed by atoms with Crippen LogP contribution < -0.4 is 16.0 Å². The Hall–Kier alpha value is -2.53. The van der Waals surface area contributed by atoms with Gasteiger partial charge in [-0.2, -0.15) is 4.31 Å². The molecule has 28 heavy (non-hydrogen) atoms. The molecule has 0 radical (unpaired) electrons. The summed E-state index contributed by atoms with van der Waals surface area (Å²) in [5.74, 6) is 0.472. The van der Waals surface area contributed by atoms with Gasteiger partial charge in [0.05, 0.1) is 11.9 Å². The van der Waals surface area contributed by atoms with E-state index >= 15 is 0 Å². The predicted molar refractivity (Wildman–Crippen MR) is 110 cm³/mol. The molecule has 1 saturated heterocycles. The minimum Gasteiger partial charge on any atom is -0.382 e. The van der Waals surface area contributed by atoms with E-state index in [0.717, 1.165) is 6.42 Å². The molecule has 0 aliphatic carbocycles. The number of anilines is 2. The van der Waals surface area contributed by atoms with Gasteiger partial charge in [0.15, 0.2) is 11.5 Å². The van der Waals surface area contributed by atoms with Gasteiger partial charge in [0.25, 0.3) is 5.91 Å². The number of sulfonamides is 1. The van der Waals surface area contributed by atoms with Gasteiger partial charge in [0.2, 0.25) is 10.0 Å². The summed E-state index contributed by atoms with van der Waals surface area (Å²) in [4.78, 5) is 26.9. The minimum atomic E-state index is -3.21. The maximum absolute atomic E-state index is 12.5. The number of hydrogen-bond donors (Lipinski definition) is 2. The predicted octanol–water partition coefficient (Wildman–Crippen LogP) is 0.255. The van der Waals surface area contributed by atoms with E-state index in [2.05, 4.69) is 20.3 Å². The van der Waals surface area contributed by atoms with Crippen LogP contribution in [0.3, 0.4) is 0 Å². The molecular weight excluding hydrogens is 382 g/mol. The van der Waals surface area contributed by atoms with E-state index < -0.39 is 15.9 Å². The maximum Gasteiger partial charge on any atom is 0.279 e. The number of allylic oxidation sites excluding steroid dienone is 1. The number of amidine groups is 1. The number of nitrogens with two attached hydrogens (primary N) is 1. The van der Waals surface area contributed by atoms with Gasteiger partial charge in [0.1, 0.15) is 11.7 Å². The van der Waals surface area contributed by atoms with E-state index in [1.165, 1.54) is 10.5 Å². The molecular formula is C17H27N7O3S. The van der Waals surface area contributed by atoms with E-state index in [-0.39, 0.29) is 17.3 Å². The molecule has 154 valence electrons. The number of aromatic nitrogens is 2. The van der Waals surface area contributed by atoms with Gasteiger partial charge >= 0.3 is 0 Å². The molecule has 1 aliphatic rings. The molecule has 0 aromatic carbocycles. The summed E-state index contributed by atoms with van der Waals surface area (Å²) in [5, 5.41) is 2.66. The van der Waals surface area contributed by atoms with Crippen molar-refractivity contribution in [2.75, 3.05) is 49.6 Å². The normalized spacial score (nSPS) is 16.5. The standard InChI is InChI=1S/C17H27N7O3S/c1-4-6-7-13(19-3)21-17(25)15-16(18)20-12-14(22-15)23-8-10-24(11-9-23)28(26,27)5-2/h6-7,12H,4-5,8-11H2,1-3H3,(H2,18,20)(H,19,21,25)/b7-6-. The number of nitrogen functional groups attached to an aromatic ring is 1. The first kappa shape index (κ1) is 21.8. The van der Waals surface area contributed by atoms with Gasteiger partial charge < -0.3 is 16.0 Å². The first-order valence-corrected chi connectivity index (χ1v) is 10.7. The van der Waals surface area contributed by atoms with Crippen LogP contribution in [0.15, 0.2) is 23.3 Å². The van der Waals surface area contributed by atoms with E-state index in [4.69, 9.17) is 5.73 Å². The van der Waals surface area contributed by atoms with Gasteiger partial charge in [-0.15, -0.1) is 0 Å². The number of amides is 1. The van der Waals surface area contributed by atoms with Crippen LogP contribution in [0.4, 0.5) is 11.6 Å². The first-order chi connectivity index (χ1) is 13.3. The Morgan fingerprint density at radius 3 is 2.57 bits per heavy atom. The fraction of sp³-hybridized carbons (Fsp3) is 0.529. The SMILES string of the molecule is CC/C=C\C(=NC)NC(=O)c1nc(N2CCN(S(=O)(=O)CC)CC2)cnc1N. The summed E-state index contributed by atoms with van der Waals surface area (Å²) in [6.07, 6.45) is 5.88. The average Bonchev–Trinajstić information content (AvgIpc) is 2.71. The van der Waals surface area contributed by atoms with Crippen LogP contribution in [0.5, 0.6) is 0 Å². The number of nitrogens with zero attached hydrogens (tertiary/aromatic N) is 5. The summed E-state index contributed by atoms with van der Waals surface area (Å²) in [5.41, 5.74) is 5.84. The average molecular weight is 410 g/mol. The molecule has 1 aromatic heterocycles. The van der Waals surface area contributed by atoms with Crippen molar-refractivity contribution in [2.24, 2.45) is 4.99 Å². The lowest BCUT2D eigenvalue weighted by Crippen LogP contribution is -2.49. The Labute approximate surface area is 165 Å². The smallest absolute Gasteiger partial charge is 0.279 e. The monoisotopic (exact) mass is 409 g/mol. The number of piperazine rings is 1. The molecule has 2 rings (SSSR count). The zero-order valence-electron chi connectivity index (χ0n) is 16.4. The first-order valence-electron chi connectivity index (χ1n) is 9.12. The number of nitrogens with one attached hydrogen (secondary N) is 1. The highest BCUT2D eigenvalue weighted by Crippen LogP contribution is 2.17. The largest absolute Gasteiger partial charge is 0.382 e. The molecule has 1 amide bonds. The highest BCUT2D eigenvalue weighted by atomic mass is 32.2. The van der Waals surface area contributed by atoms with E-state index in [1.807, 2.05) is 17.9 Å². The Kier molecular flexibility index (Phi) is 7.46. The topological polar surface area (TPSA) is 134 Å². The minimum absolute atomic E-state index is 0.00663. The van der Waals surface area contributed by atoms with Crippen molar-refractivity contribution in [3.05, 3.63) is 24.0 Å². The maximum atomic E-state index is 12.5. The number of rotatable bonds is 6. The Bertz CT molecular complexity index is 860.